The molecule has 1 N–H and O–H groups in total. The van der Waals surface area contributed by atoms with Gasteiger partial charge >= 0.3 is 0 Å². The number of hydrogen-bond donors (Lipinski definition) is 1. The third-order valence-corrected chi connectivity index (χ3v) is 1.44. The second kappa shape index (κ2) is 1.99. The number of hydroxylamine groups is 1. The second-order valence-electron chi connectivity index (χ2n) is 2.85. The molecule has 1 aliphatic heterocycles. The lowest BCUT2D eigenvalue weighted by atomic mass is 10.1. The highest BCUT2D eigenvalue weighted by Gasteiger charge is 2.34. The molecule has 0 aromatic carbocycles. The van der Waals surface area contributed by atoms with Crippen molar-refractivity contribution in [2.75, 3.05) is 13.2 Å². The largest absolute Gasteiger partial charge is 0.364 e. The lowest BCUT2D eigenvalue weighted by molar-refractivity contribution is -0.824. The molecule has 0 saturated carbocycles. The molecule has 1 aliphatic rings. The number of hydrogen-bond acceptors (Lipinski definition) is 2. The van der Waals surface area contributed by atoms with Crippen LogP contribution in [0.5, 0.6) is 0 Å². The molecule has 0 aromatic heterocycles. The molecule has 0 unspecified atom stereocenters. The van der Waals surface area contributed by atoms with E-state index in [-0.39, 0.29) is 5.54 Å². The van der Waals surface area contributed by atoms with Crippen LogP contribution < -0.4 is 0 Å². The van der Waals surface area contributed by atoms with E-state index >= 15 is 0 Å². The Hall–Kier alpha value is -0.570. The maximum atomic E-state index is 9.13. The summed E-state index contributed by atoms with van der Waals surface area (Å²) < 4.78 is 6.30. The third kappa shape index (κ3) is 1.21. The fourth-order valence-corrected chi connectivity index (χ4v) is 0.745. The molecule has 3 heteroatoms. The Morgan fingerprint density at radius 3 is 2.67 bits per heavy atom. The van der Waals surface area contributed by atoms with Gasteiger partial charge in [0.1, 0.15) is 13.2 Å². The van der Waals surface area contributed by atoms with Crippen LogP contribution in [0.2, 0.25) is 0 Å². The standard InChI is InChI=1S/C6H12NO2/c1-6(2)5-9-4-3-7(6)8/h3,8H,4-5H2,1-2H3/q+1. The summed E-state index contributed by atoms with van der Waals surface area (Å²) in [5.41, 5.74) is -0.252. The molecule has 0 aromatic rings. The Bertz CT molecular complexity index is 140. The molecule has 3 nitrogen and oxygen atoms in total. The summed E-state index contributed by atoms with van der Waals surface area (Å²) in [5.74, 6) is 0. The molecule has 0 bridgehead atoms. The summed E-state index contributed by atoms with van der Waals surface area (Å²) >= 11 is 0. The van der Waals surface area contributed by atoms with Crippen LogP contribution in [0.3, 0.4) is 0 Å². The minimum absolute atomic E-state index is 0.252. The first-order chi connectivity index (χ1) is 4.13. The first-order valence-corrected chi connectivity index (χ1v) is 3.02. The smallest absolute Gasteiger partial charge is 0.228 e. The van der Waals surface area contributed by atoms with Crippen LogP contribution in [0.1, 0.15) is 13.8 Å². The fourth-order valence-electron chi connectivity index (χ4n) is 0.745. The zero-order valence-corrected chi connectivity index (χ0v) is 5.79. The van der Waals surface area contributed by atoms with E-state index in [0.717, 1.165) is 0 Å². The van der Waals surface area contributed by atoms with Crippen LogP contribution >= 0.6 is 0 Å². The van der Waals surface area contributed by atoms with Gasteiger partial charge in [-0.3, -0.25) is 5.21 Å². The van der Waals surface area contributed by atoms with Crippen molar-refractivity contribution >= 4 is 6.21 Å². The maximum absolute atomic E-state index is 9.13. The van der Waals surface area contributed by atoms with Crippen molar-refractivity contribution in [1.82, 2.24) is 0 Å². The SMILES string of the molecule is CC1(C)COCC=[N+]1O. The van der Waals surface area contributed by atoms with Gasteiger partial charge in [0.25, 0.3) is 0 Å². The fraction of sp³-hybridized carbons (Fsp3) is 0.833. The minimum atomic E-state index is -0.252. The molecule has 0 aliphatic carbocycles. The lowest BCUT2D eigenvalue weighted by Crippen LogP contribution is -2.43. The van der Waals surface area contributed by atoms with E-state index in [9.17, 15) is 0 Å². The zero-order chi connectivity index (χ0) is 6.91. The van der Waals surface area contributed by atoms with Crippen LogP contribution in [-0.2, 0) is 4.74 Å². The van der Waals surface area contributed by atoms with Crippen molar-refractivity contribution in [3.05, 3.63) is 0 Å². The van der Waals surface area contributed by atoms with Crippen LogP contribution in [0, 0.1) is 0 Å². The van der Waals surface area contributed by atoms with E-state index in [0.29, 0.717) is 13.2 Å². The van der Waals surface area contributed by atoms with Gasteiger partial charge in [0.2, 0.25) is 11.8 Å². The van der Waals surface area contributed by atoms with Crippen molar-refractivity contribution in [1.29, 1.82) is 0 Å². The van der Waals surface area contributed by atoms with E-state index in [1.165, 1.54) is 4.74 Å². The van der Waals surface area contributed by atoms with Crippen LogP contribution in [-0.4, -0.2) is 34.9 Å². The third-order valence-electron chi connectivity index (χ3n) is 1.44. The molecule has 0 spiro atoms. The Morgan fingerprint density at radius 2 is 2.33 bits per heavy atom. The van der Waals surface area contributed by atoms with Gasteiger partial charge in [0.15, 0.2) is 0 Å². The quantitative estimate of drug-likeness (QED) is 0.377. The van der Waals surface area contributed by atoms with Crippen molar-refractivity contribution in [2.45, 2.75) is 19.4 Å². The van der Waals surface area contributed by atoms with E-state index in [2.05, 4.69) is 0 Å². The van der Waals surface area contributed by atoms with Gasteiger partial charge < -0.3 is 4.74 Å². The molecular formula is C6H12NO2+. The first kappa shape index (κ1) is 6.55. The summed E-state index contributed by atoms with van der Waals surface area (Å²) in [6.07, 6.45) is 1.63. The summed E-state index contributed by atoms with van der Waals surface area (Å²) in [4.78, 5) is 0. The van der Waals surface area contributed by atoms with Crippen molar-refractivity contribution in [3.63, 3.8) is 0 Å². The normalized spacial score (nSPS) is 25.3. The van der Waals surface area contributed by atoms with Gasteiger partial charge in [-0.25, -0.2) is 0 Å². The highest BCUT2D eigenvalue weighted by Crippen LogP contribution is 2.09. The monoisotopic (exact) mass is 130 g/mol. The number of ether oxygens (including phenoxy) is 1. The van der Waals surface area contributed by atoms with Gasteiger partial charge in [-0.15, -0.1) is 0 Å². The zero-order valence-electron chi connectivity index (χ0n) is 5.79. The van der Waals surface area contributed by atoms with Gasteiger partial charge in [-0.2, -0.15) is 0 Å². The molecule has 1 rings (SSSR count). The minimum Gasteiger partial charge on any atom is -0.364 e. The molecule has 9 heavy (non-hydrogen) atoms. The first-order valence-electron chi connectivity index (χ1n) is 3.02. The van der Waals surface area contributed by atoms with Crippen molar-refractivity contribution < 1.29 is 14.7 Å². The number of rotatable bonds is 0. The molecule has 1 heterocycles. The average Bonchev–Trinajstić information content (AvgIpc) is 1.77. The molecule has 0 atom stereocenters. The summed E-state index contributed by atoms with van der Waals surface area (Å²) in [7, 11) is 0. The molecule has 0 fully saturated rings. The summed E-state index contributed by atoms with van der Waals surface area (Å²) in [6, 6.07) is 0. The summed E-state index contributed by atoms with van der Waals surface area (Å²) in [5, 5.41) is 9.13. The predicted molar refractivity (Wildman–Crippen MR) is 33.0 cm³/mol. The highest BCUT2D eigenvalue weighted by molar-refractivity contribution is 5.52. The van der Waals surface area contributed by atoms with E-state index in [4.69, 9.17) is 9.94 Å². The molecule has 52 valence electrons. The van der Waals surface area contributed by atoms with E-state index in [1.54, 1.807) is 6.21 Å². The Kier molecular flexibility index (Phi) is 1.45. The molecule has 0 amide bonds. The predicted octanol–water partition coefficient (Wildman–Crippen LogP) is 0.268. The van der Waals surface area contributed by atoms with E-state index < -0.39 is 0 Å². The Morgan fingerprint density at radius 1 is 1.67 bits per heavy atom. The topological polar surface area (TPSA) is 32.5 Å². The van der Waals surface area contributed by atoms with Gasteiger partial charge in [-0.1, -0.05) is 0 Å². The maximum Gasteiger partial charge on any atom is 0.228 e. The highest BCUT2D eigenvalue weighted by atomic mass is 16.5. The van der Waals surface area contributed by atoms with E-state index in [1.807, 2.05) is 13.8 Å². The van der Waals surface area contributed by atoms with Crippen molar-refractivity contribution in [2.24, 2.45) is 0 Å². The number of nitrogens with zero attached hydrogens (tertiary/aromatic N) is 1. The van der Waals surface area contributed by atoms with Crippen LogP contribution in [0.25, 0.3) is 0 Å². The second-order valence-corrected chi connectivity index (χ2v) is 2.85. The molecular weight excluding hydrogens is 118 g/mol. The van der Waals surface area contributed by atoms with Gasteiger partial charge in [0.05, 0.1) is 0 Å². The summed E-state index contributed by atoms with van der Waals surface area (Å²) in [6.45, 7) is 4.94. The lowest BCUT2D eigenvalue weighted by Gasteiger charge is -2.19. The van der Waals surface area contributed by atoms with Crippen LogP contribution in [0.4, 0.5) is 0 Å². The van der Waals surface area contributed by atoms with Gasteiger partial charge in [0, 0.05) is 13.8 Å². The van der Waals surface area contributed by atoms with Crippen LogP contribution in [0.15, 0.2) is 0 Å². The average molecular weight is 130 g/mol. The molecule has 0 saturated heterocycles. The van der Waals surface area contributed by atoms with Gasteiger partial charge in [-0.05, 0) is 4.74 Å². The molecule has 0 radical (unpaired) electrons. The van der Waals surface area contributed by atoms with Crippen molar-refractivity contribution in [3.8, 4) is 0 Å². The Balaban J connectivity index is 2.73. The Labute approximate surface area is 54.5 Å².